The molecule has 1 aromatic rings. The highest BCUT2D eigenvalue weighted by atomic mass is 32.2. The molecule has 0 radical (unpaired) electrons. The first kappa shape index (κ1) is 17.0. The Labute approximate surface area is 142 Å². The molecule has 0 bridgehead atoms. The molecule has 2 atom stereocenters. The fraction of sp³-hybridized carbons (Fsp3) is 0.471. The largest absolute Gasteiger partial charge is 0.490 e. The molecule has 2 saturated heterocycles. The van der Waals surface area contributed by atoms with Crippen LogP contribution in [-0.4, -0.2) is 62.1 Å². The van der Waals surface area contributed by atoms with E-state index >= 15 is 0 Å². The Morgan fingerprint density at radius 2 is 2.04 bits per heavy atom. The third-order valence-corrected chi connectivity index (χ3v) is 5.98. The quantitative estimate of drug-likeness (QED) is 0.752. The third-order valence-electron chi connectivity index (χ3n) is 4.68. The molecule has 0 spiro atoms. The fourth-order valence-electron chi connectivity index (χ4n) is 3.53. The lowest BCUT2D eigenvalue weighted by atomic mass is 10.1. The topological polar surface area (TPSA) is 66.9 Å². The van der Waals surface area contributed by atoms with Crippen LogP contribution in [0.15, 0.2) is 36.9 Å². The summed E-state index contributed by atoms with van der Waals surface area (Å²) in [5, 5.41) is 0. The summed E-state index contributed by atoms with van der Waals surface area (Å²) >= 11 is 0. The fourth-order valence-corrected chi connectivity index (χ4v) is 4.70. The van der Waals surface area contributed by atoms with Gasteiger partial charge in [-0.1, -0.05) is 12.7 Å². The van der Waals surface area contributed by atoms with Crippen molar-refractivity contribution >= 4 is 15.9 Å². The zero-order valence-electron chi connectivity index (χ0n) is 13.7. The van der Waals surface area contributed by atoms with Crippen LogP contribution in [0.2, 0.25) is 0 Å². The Morgan fingerprint density at radius 3 is 2.67 bits per heavy atom. The second kappa shape index (κ2) is 6.57. The van der Waals surface area contributed by atoms with E-state index in [1.807, 2.05) is 0 Å². The van der Waals surface area contributed by atoms with Crippen LogP contribution in [0.4, 0.5) is 0 Å². The van der Waals surface area contributed by atoms with Gasteiger partial charge in [0, 0.05) is 31.2 Å². The summed E-state index contributed by atoms with van der Waals surface area (Å²) in [6.07, 6.45) is 3.72. The maximum absolute atomic E-state index is 12.7. The number of hydrogen-bond acceptors (Lipinski definition) is 4. The normalized spacial score (nSPS) is 24.0. The molecule has 2 aliphatic heterocycles. The highest BCUT2D eigenvalue weighted by molar-refractivity contribution is 7.88. The number of benzene rings is 1. The van der Waals surface area contributed by atoms with Gasteiger partial charge < -0.3 is 9.64 Å². The Bertz CT molecular complexity index is 729. The lowest BCUT2D eigenvalue weighted by Crippen LogP contribution is -2.40. The highest BCUT2D eigenvalue weighted by Gasteiger charge is 2.46. The van der Waals surface area contributed by atoms with E-state index < -0.39 is 10.0 Å². The van der Waals surface area contributed by atoms with E-state index in [-0.39, 0.29) is 17.9 Å². The van der Waals surface area contributed by atoms with Crippen molar-refractivity contribution in [3.05, 3.63) is 42.5 Å². The van der Waals surface area contributed by atoms with Crippen molar-refractivity contribution in [1.29, 1.82) is 0 Å². The molecule has 6 nitrogen and oxygen atoms in total. The van der Waals surface area contributed by atoms with Crippen LogP contribution in [0, 0.1) is 5.92 Å². The minimum absolute atomic E-state index is 0.0619. The van der Waals surface area contributed by atoms with Crippen LogP contribution in [0.5, 0.6) is 5.75 Å². The van der Waals surface area contributed by atoms with E-state index in [4.69, 9.17) is 4.74 Å². The summed E-state index contributed by atoms with van der Waals surface area (Å²) in [6, 6.07) is 6.92. The Morgan fingerprint density at radius 1 is 1.33 bits per heavy atom. The van der Waals surface area contributed by atoms with Gasteiger partial charge in [-0.25, -0.2) is 8.42 Å². The molecular weight excluding hydrogens is 328 g/mol. The number of hydrogen-bond donors (Lipinski definition) is 0. The number of carbonyl (C=O) groups excluding carboxylic acids is 1. The van der Waals surface area contributed by atoms with Crippen molar-refractivity contribution in [2.75, 3.05) is 32.5 Å². The van der Waals surface area contributed by atoms with Crippen LogP contribution in [0.25, 0.3) is 0 Å². The molecule has 1 aromatic carbocycles. The molecule has 24 heavy (non-hydrogen) atoms. The van der Waals surface area contributed by atoms with Crippen molar-refractivity contribution in [2.45, 2.75) is 12.5 Å². The molecule has 3 rings (SSSR count). The SMILES string of the molecule is C=CCOc1ccc(C(=O)N2C[C@H]3CCN(S(C)(=O)=O)[C@H]3C2)cc1. The zero-order chi connectivity index (χ0) is 17.3. The second-order valence-corrected chi connectivity index (χ2v) is 8.26. The monoisotopic (exact) mass is 350 g/mol. The third kappa shape index (κ3) is 3.32. The van der Waals surface area contributed by atoms with Gasteiger partial charge >= 0.3 is 0 Å². The molecule has 0 aliphatic carbocycles. The first-order valence-corrected chi connectivity index (χ1v) is 9.85. The molecular formula is C17H22N2O4S. The van der Waals surface area contributed by atoms with Crippen molar-refractivity contribution in [3.8, 4) is 5.75 Å². The van der Waals surface area contributed by atoms with Gasteiger partial charge in [0.15, 0.2) is 0 Å². The average Bonchev–Trinajstić information content (AvgIpc) is 3.12. The van der Waals surface area contributed by atoms with Crippen LogP contribution in [0.1, 0.15) is 16.8 Å². The number of carbonyl (C=O) groups is 1. The van der Waals surface area contributed by atoms with Crippen molar-refractivity contribution in [2.24, 2.45) is 5.92 Å². The van der Waals surface area contributed by atoms with E-state index in [0.29, 0.717) is 37.6 Å². The van der Waals surface area contributed by atoms with Crippen LogP contribution < -0.4 is 4.74 Å². The summed E-state index contributed by atoms with van der Waals surface area (Å²) in [6.45, 7) is 5.65. The molecule has 130 valence electrons. The van der Waals surface area contributed by atoms with Gasteiger partial charge in [0.05, 0.1) is 6.26 Å². The summed E-state index contributed by atoms with van der Waals surface area (Å²) in [7, 11) is -3.21. The van der Waals surface area contributed by atoms with E-state index in [2.05, 4.69) is 6.58 Å². The van der Waals surface area contributed by atoms with Gasteiger partial charge in [0.25, 0.3) is 5.91 Å². The van der Waals surface area contributed by atoms with Crippen LogP contribution >= 0.6 is 0 Å². The zero-order valence-corrected chi connectivity index (χ0v) is 14.5. The molecule has 0 unspecified atom stereocenters. The maximum Gasteiger partial charge on any atom is 0.253 e. The summed E-state index contributed by atoms with van der Waals surface area (Å²) in [5.41, 5.74) is 0.590. The molecule has 7 heteroatoms. The minimum Gasteiger partial charge on any atom is -0.490 e. The van der Waals surface area contributed by atoms with Crippen LogP contribution in [-0.2, 0) is 10.0 Å². The molecule has 0 aromatic heterocycles. The Balaban J connectivity index is 1.68. The minimum atomic E-state index is -3.21. The predicted molar refractivity (Wildman–Crippen MR) is 91.5 cm³/mol. The predicted octanol–water partition coefficient (Wildman–Crippen LogP) is 1.36. The van der Waals surface area contributed by atoms with Gasteiger partial charge in [-0.2, -0.15) is 4.31 Å². The van der Waals surface area contributed by atoms with Crippen molar-refractivity contribution in [1.82, 2.24) is 9.21 Å². The number of fused-ring (bicyclic) bond motifs is 1. The molecule has 0 saturated carbocycles. The average molecular weight is 350 g/mol. The smallest absolute Gasteiger partial charge is 0.253 e. The maximum atomic E-state index is 12.7. The lowest BCUT2D eigenvalue weighted by Gasteiger charge is -2.22. The van der Waals surface area contributed by atoms with E-state index in [0.717, 1.165) is 6.42 Å². The first-order chi connectivity index (χ1) is 11.4. The summed E-state index contributed by atoms with van der Waals surface area (Å²) in [5.74, 6) is 0.861. The number of sulfonamides is 1. The molecule has 2 heterocycles. The van der Waals surface area contributed by atoms with Crippen LogP contribution in [0.3, 0.4) is 0 Å². The Hall–Kier alpha value is -1.86. The number of likely N-dealkylation sites (tertiary alicyclic amines) is 1. The van der Waals surface area contributed by atoms with Gasteiger partial charge in [-0.05, 0) is 36.6 Å². The summed E-state index contributed by atoms with van der Waals surface area (Å²) in [4.78, 5) is 14.4. The van der Waals surface area contributed by atoms with Gasteiger partial charge in [-0.15, -0.1) is 0 Å². The number of rotatable bonds is 5. The van der Waals surface area contributed by atoms with Gasteiger partial charge in [-0.3, -0.25) is 4.79 Å². The van der Waals surface area contributed by atoms with E-state index in [1.54, 1.807) is 35.2 Å². The molecule has 1 amide bonds. The van der Waals surface area contributed by atoms with Gasteiger partial charge in [0.1, 0.15) is 12.4 Å². The number of ether oxygens (including phenoxy) is 1. The van der Waals surface area contributed by atoms with Crippen molar-refractivity contribution in [3.63, 3.8) is 0 Å². The Kier molecular flexibility index (Phi) is 4.64. The standard InChI is InChI=1S/C17H22N2O4S/c1-3-10-23-15-6-4-13(5-7-15)17(20)18-11-14-8-9-19(16(14)12-18)24(2,21)22/h3-7,14,16H,1,8-12H2,2H3/t14-,16+/m1/s1. The number of nitrogens with zero attached hydrogens (tertiary/aromatic N) is 2. The van der Waals surface area contributed by atoms with E-state index in [1.165, 1.54) is 10.6 Å². The molecule has 0 N–H and O–H groups in total. The summed E-state index contributed by atoms with van der Waals surface area (Å²) < 4.78 is 30.6. The van der Waals surface area contributed by atoms with Gasteiger partial charge in [0.2, 0.25) is 10.0 Å². The van der Waals surface area contributed by atoms with Crippen molar-refractivity contribution < 1.29 is 17.9 Å². The second-order valence-electron chi connectivity index (χ2n) is 6.32. The first-order valence-electron chi connectivity index (χ1n) is 8.00. The van der Waals surface area contributed by atoms with E-state index in [9.17, 15) is 13.2 Å². The molecule has 2 fully saturated rings. The highest BCUT2D eigenvalue weighted by Crippen LogP contribution is 2.33. The molecule has 2 aliphatic rings. The lowest BCUT2D eigenvalue weighted by molar-refractivity contribution is 0.0778. The number of amides is 1.